The smallest absolute Gasteiger partial charge is 0.675 e. The third-order valence-corrected chi connectivity index (χ3v) is 0. The Morgan fingerprint density at radius 2 is 0.778 bits per heavy atom. The van der Waals surface area contributed by atoms with Gasteiger partial charge in [-0.2, -0.15) is 0 Å². The van der Waals surface area contributed by atoms with Gasteiger partial charge >= 0.3 is 23.1 Å². The molecule has 3 heteroatoms. The Hall–Kier alpha value is 0.686. The van der Waals surface area contributed by atoms with Crippen molar-refractivity contribution in [3.05, 3.63) is 11.5 Å². The molecule has 0 radical (unpaired) electrons. The van der Waals surface area contributed by atoms with Gasteiger partial charge in [0.15, 0.2) is 0 Å². The van der Waals surface area contributed by atoms with Crippen LogP contribution in [0.15, 0.2) is 0 Å². The summed E-state index contributed by atoms with van der Waals surface area (Å²) in [4.78, 5) is 0. The minimum Gasteiger partial charge on any atom is -0.675 e. The second-order valence-electron chi connectivity index (χ2n) is 2.31. The van der Waals surface area contributed by atoms with Gasteiger partial charge in [-0.25, -0.2) is 0 Å². The molecule has 0 aliphatic rings. The van der Waals surface area contributed by atoms with Crippen LogP contribution in [0.1, 0.15) is 27.7 Å². The molecule has 0 aliphatic carbocycles. The quantitative estimate of drug-likeness (QED) is 0.464. The molecule has 0 atom stereocenters. The first-order chi connectivity index (χ1) is 3.46. The van der Waals surface area contributed by atoms with Gasteiger partial charge in [0.25, 0.3) is 0 Å². The van der Waals surface area contributed by atoms with E-state index < -0.39 is 0 Å². The predicted molar refractivity (Wildman–Crippen MR) is 44.7 cm³/mol. The Kier molecular flexibility index (Phi) is 20.9. The van der Waals surface area contributed by atoms with E-state index in [1.807, 2.05) is 27.7 Å². The fourth-order valence-electron chi connectivity index (χ4n) is 0. The third-order valence-electron chi connectivity index (χ3n) is 0. The first-order valence-electron chi connectivity index (χ1n) is 2.89. The maximum atomic E-state index is 6.58. The van der Waals surface area contributed by atoms with E-state index in [0.717, 1.165) is 0 Å². The zero-order valence-corrected chi connectivity index (χ0v) is 8.28. The largest absolute Gasteiger partial charge is 2.00 e. The van der Waals surface area contributed by atoms with E-state index in [1.54, 1.807) is 0 Å². The summed E-state index contributed by atoms with van der Waals surface area (Å²) >= 11 is 0. The number of hydrogen-bond acceptors (Lipinski definition) is 0. The van der Waals surface area contributed by atoms with E-state index in [2.05, 4.69) is 0 Å². The molecular formula is C6H16MgN2. The molecule has 0 aliphatic heterocycles. The molecular weight excluding hydrogens is 124 g/mol. The maximum Gasteiger partial charge on any atom is 2.00 e. The van der Waals surface area contributed by atoms with Gasteiger partial charge in [-0.1, -0.05) is 27.7 Å². The van der Waals surface area contributed by atoms with Crippen LogP contribution in [0.25, 0.3) is 11.5 Å². The Balaban J connectivity index is -0.0000000720. The molecule has 0 rings (SSSR count). The molecule has 0 aromatic heterocycles. The van der Waals surface area contributed by atoms with Gasteiger partial charge in [0.2, 0.25) is 0 Å². The standard InChI is InChI=1S/2C3H8N.Mg/c2*1-3(2)4;/h2*3-4H,1-2H3;/q2*-1;+2. The van der Waals surface area contributed by atoms with Crippen LogP contribution in [0, 0.1) is 0 Å². The van der Waals surface area contributed by atoms with Crippen molar-refractivity contribution < 1.29 is 0 Å². The summed E-state index contributed by atoms with van der Waals surface area (Å²) in [6, 6.07) is 0.167. The molecule has 0 amide bonds. The first-order valence-corrected chi connectivity index (χ1v) is 2.89. The van der Waals surface area contributed by atoms with Crippen LogP contribution in [-0.4, -0.2) is 35.1 Å². The summed E-state index contributed by atoms with van der Waals surface area (Å²) in [6.07, 6.45) is 0. The zero-order valence-electron chi connectivity index (χ0n) is 6.86. The van der Waals surface area contributed by atoms with Crippen LogP contribution >= 0.6 is 0 Å². The molecule has 2 nitrogen and oxygen atoms in total. The molecule has 0 unspecified atom stereocenters. The Labute approximate surface area is 74.5 Å². The van der Waals surface area contributed by atoms with Crippen LogP contribution in [-0.2, 0) is 0 Å². The van der Waals surface area contributed by atoms with Gasteiger partial charge in [0.05, 0.1) is 0 Å². The topological polar surface area (TPSA) is 47.6 Å². The average Bonchev–Trinajstić information content (AvgIpc) is 1.25. The second-order valence-corrected chi connectivity index (χ2v) is 2.31. The van der Waals surface area contributed by atoms with Crippen molar-refractivity contribution in [1.82, 2.24) is 0 Å². The van der Waals surface area contributed by atoms with Crippen molar-refractivity contribution in [3.63, 3.8) is 0 Å². The number of hydrogen-bond donors (Lipinski definition) is 0. The summed E-state index contributed by atoms with van der Waals surface area (Å²) < 4.78 is 0. The molecule has 52 valence electrons. The van der Waals surface area contributed by atoms with Crippen molar-refractivity contribution in [2.45, 2.75) is 39.8 Å². The molecule has 0 fully saturated rings. The third kappa shape index (κ3) is 825. The van der Waals surface area contributed by atoms with Crippen LogP contribution in [0.3, 0.4) is 0 Å². The first kappa shape index (κ1) is 16.3. The Morgan fingerprint density at radius 1 is 0.778 bits per heavy atom. The molecule has 0 spiro atoms. The van der Waals surface area contributed by atoms with Crippen molar-refractivity contribution >= 4 is 23.1 Å². The molecule has 0 heterocycles. The van der Waals surface area contributed by atoms with Gasteiger partial charge in [-0.3, -0.25) is 0 Å². The summed E-state index contributed by atoms with van der Waals surface area (Å²) in [6.45, 7) is 7.33. The summed E-state index contributed by atoms with van der Waals surface area (Å²) in [7, 11) is 0. The van der Waals surface area contributed by atoms with Gasteiger partial charge in [-0.05, 0) is 0 Å². The van der Waals surface area contributed by atoms with E-state index >= 15 is 0 Å². The zero-order chi connectivity index (χ0) is 7.15. The average molecular weight is 141 g/mol. The molecule has 0 aromatic rings. The van der Waals surface area contributed by atoms with Crippen molar-refractivity contribution in [3.8, 4) is 0 Å². The van der Waals surface area contributed by atoms with Crippen molar-refractivity contribution in [2.75, 3.05) is 0 Å². The van der Waals surface area contributed by atoms with E-state index in [9.17, 15) is 0 Å². The predicted octanol–water partition coefficient (Wildman–Crippen LogP) is 2.51. The fourth-order valence-corrected chi connectivity index (χ4v) is 0. The molecule has 2 N–H and O–H groups in total. The van der Waals surface area contributed by atoms with Gasteiger partial charge in [-0.15, -0.1) is 12.1 Å². The van der Waals surface area contributed by atoms with Gasteiger partial charge in [0.1, 0.15) is 0 Å². The minimum absolute atomic E-state index is 0. The summed E-state index contributed by atoms with van der Waals surface area (Å²) in [5, 5.41) is 0. The molecule has 0 bridgehead atoms. The number of nitrogens with one attached hydrogen (secondary N) is 2. The van der Waals surface area contributed by atoms with E-state index in [4.69, 9.17) is 11.5 Å². The SMILES string of the molecule is CC(C)[NH-].CC(C)[NH-].[Mg+2]. The molecule has 9 heavy (non-hydrogen) atoms. The monoisotopic (exact) mass is 140 g/mol. The van der Waals surface area contributed by atoms with Crippen LogP contribution < -0.4 is 0 Å². The Bertz CT molecular complexity index is 26.5. The molecule has 0 saturated carbocycles. The number of rotatable bonds is 0. The normalized spacial score (nSPS) is 8.00. The Morgan fingerprint density at radius 3 is 0.778 bits per heavy atom. The fraction of sp³-hybridized carbons (Fsp3) is 1.00. The van der Waals surface area contributed by atoms with Gasteiger partial charge in [0, 0.05) is 0 Å². The summed E-state index contributed by atoms with van der Waals surface area (Å²) in [5.41, 5.74) is 13.2. The van der Waals surface area contributed by atoms with E-state index in [-0.39, 0.29) is 35.1 Å². The van der Waals surface area contributed by atoms with Crippen molar-refractivity contribution in [2.24, 2.45) is 0 Å². The van der Waals surface area contributed by atoms with Gasteiger partial charge < -0.3 is 11.5 Å². The molecule has 0 aromatic carbocycles. The summed E-state index contributed by atoms with van der Waals surface area (Å²) in [5.74, 6) is 0. The minimum atomic E-state index is 0. The molecule has 0 saturated heterocycles. The van der Waals surface area contributed by atoms with Crippen LogP contribution in [0.2, 0.25) is 0 Å². The van der Waals surface area contributed by atoms with E-state index in [0.29, 0.717) is 0 Å². The van der Waals surface area contributed by atoms with Crippen molar-refractivity contribution in [1.29, 1.82) is 0 Å². The van der Waals surface area contributed by atoms with E-state index in [1.165, 1.54) is 0 Å². The van der Waals surface area contributed by atoms with Crippen LogP contribution in [0.4, 0.5) is 0 Å². The van der Waals surface area contributed by atoms with Crippen LogP contribution in [0.5, 0.6) is 0 Å². The second kappa shape index (κ2) is 11.5. The maximum absolute atomic E-state index is 6.58.